The van der Waals surface area contributed by atoms with Gasteiger partial charge in [0, 0.05) is 10.6 Å². The molecule has 3 heteroatoms. The molecular weight excluding hydrogens is 271 g/mol. The summed E-state index contributed by atoms with van der Waals surface area (Å²) >= 11 is 1.70. The van der Waals surface area contributed by atoms with E-state index in [1.165, 1.54) is 33.9 Å². The van der Waals surface area contributed by atoms with Crippen LogP contribution in [0.2, 0.25) is 0 Å². The summed E-state index contributed by atoms with van der Waals surface area (Å²) in [7, 11) is 0. The zero-order valence-electron chi connectivity index (χ0n) is 10.8. The Morgan fingerprint density at radius 2 is 1.95 bits per heavy atom. The molecule has 20 heavy (non-hydrogen) atoms. The molecule has 0 aromatic heterocycles. The summed E-state index contributed by atoms with van der Waals surface area (Å²) in [5.74, 6) is 0.714. The number of benzene rings is 2. The van der Waals surface area contributed by atoms with E-state index in [0.717, 1.165) is 22.6 Å². The molecule has 0 radical (unpaired) electrons. The zero-order valence-corrected chi connectivity index (χ0v) is 11.6. The van der Waals surface area contributed by atoms with Crippen molar-refractivity contribution in [2.24, 2.45) is 0 Å². The van der Waals surface area contributed by atoms with E-state index in [1.54, 1.807) is 17.8 Å². The van der Waals surface area contributed by atoms with Crippen LogP contribution < -0.4 is 0 Å². The Morgan fingerprint density at radius 3 is 2.80 bits per heavy atom. The second-order valence-electron chi connectivity index (χ2n) is 5.21. The Kier molecular flexibility index (Phi) is 2.72. The van der Waals surface area contributed by atoms with Crippen molar-refractivity contribution in [3.63, 3.8) is 0 Å². The number of thioether (sulfide) groups is 1. The van der Waals surface area contributed by atoms with Gasteiger partial charge in [-0.2, -0.15) is 0 Å². The summed E-state index contributed by atoms with van der Waals surface area (Å²) in [4.78, 5) is 1.04. The predicted molar refractivity (Wildman–Crippen MR) is 80.0 cm³/mol. The summed E-state index contributed by atoms with van der Waals surface area (Å²) in [5, 5.41) is 9.29. The smallest absolute Gasteiger partial charge is 0.124 e. The molecule has 2 aliphatic rings. The fourth-order valence-corrected chi connectivity index (χ4v) is 4.23. The quantitative estimate of drug-likeness (QED) is 0.857. The SMILES string of the molecule is OCc1ccc2c(c1)C1=C(C2)c2ccc(F)cc2SC1. The molecule has 0 fully saturated rings. The van der Waals surface area contributed by atoms with Gasteiger partial charge in [0.25, 0.3) is 0 Å². The number of rotatable bonds is 1. The average molecular weight is 284 g/mol. The van der Waals surface area contributed by atoms with Gasteiger partial charge in [0.1, 0.15) is 5.82 Å². The van der Waals surface area contributed by atoms with Crippen molar-refractivity contribution in [1.29, 1.82) is 0 Å². The molecule has 0 bridgehead atoms. The van der Waals surface area contributed by atoms with Gasteiger partial charge in [-0.1, -0.05) is 18.2 Å². The molecule has 0 saturated heterocycles. The lowest BCUT2D eigenvalue weighted by atomic mass is 10.0. The second kappa shape index (κ2) is 4.47. The lowest BCUT2D eigenvalue weighted by molar-refractivity contribution is 0.282. The van der Waals surface area contributed by atoms with Crippen LogP contribution in [0.4, 0.5) is 4.39 Å². The number of aliphatic hydroxyl groups excluding tert-OH is 1. The monoisotopic (exact) mass is 284 g/mol. The molecule has 1 heterocycles. The third kappa shape index (κ3) is 1.74. The summed E-state index contributed by atoms with van der Waals surface area (Å²) < 4.78 is 13.3. The standard InChI is InChI=1S/C17H13FOS/c18-12-3-4-13-15-6-11-2-1-10(8-19)5-14(11)16(15)9-20-17(13)7-12/h1-5,7,19H,6,8-9H2. The number of fused-ring (bicyclic) bond motifs is 4. The van der Waals surface area contributed by atoms with Gasteiger partial charge < -0.3 is 5.11 Å². The highest BCUT2D eigenvalue weighted by Crippen LogP contribution is 2.47. The molecule has 100 valence electrons. The molecule has 4 rings (SSSR count). The van der Waals surface area contributed by atoms with Crippen LogP contribution in [-0.4, -0.2) is 10.9 Å². The molecule has 1 N–H and O–H groups in total. The Bertz CT molecular complexity index is 749. The minimum atomic E-state index is -0.168. The predicted octanol–water partition coefficient (Wildman–Crippen LogP) is 3.89. The summed E-state index contributed by atoms with van der Waals surface area (Å²) in [6.07, 6.45) is 0.912. The van der Waals surface area contributed by atoms with E-state index in [2.05, 4.69) is 12.1 Å². The van der Waals surface area contributed by atoms with E-state index in [4.69, 9.17) is 0 Å². The first kappa shape index (κ1) is 12.2. The van der Waals surface area contributed by atoms with Crippen LogP contribution in [0.25, 0.3) is 11.1 Å². The molecule has 0 atom stereocenters. The highest BCUT2D eigenvalue weighted by Gasteiger charge is 2.27. The number of halogens is 1. The first-order valence-electron chi connectivity index (χ1n) is 6.64. The number of hydrogen-bond acceptors (Lipinski definition) is 2. The van der Waals surface area contributed by atoms with Gasteiger partial charge in [0.15, 0.2) is 0 Å². The van der Waals surface area contributed by atoms with Crippen LogP contribution in [0.1, 0.15) is 22.3 Å². The van der Waals surface area contributed by atoms with Gasteiger partial charge in [-0.05, 0) is 58.0 Å². The molecular formula is C17H13FOS. The highest BCUT2D eigenvalue weighted by atomic mass is 32.2. The normalized spacial score (nSPS) is 15.9. The van der Waals surface area contributed by atoms with Gasteiger partial charge in [-0.15, -0.1) is 11.8 Å². The van der Waals surface area contributed by atoms with E-state index >= 15 is 0 Å². The number of hydrogen-bond donors (Lipinski definition) is 1. The Labute approximate surface area is 121 Å². The molecule has 1 aliphatic heterocycles. The third-order valence-corrected chi connectivity index (χ3v) is 5.14. The van der Waals surface area contributed by atoms with Crippen LogP contribution in [0.5, 0.6) is 0 Å². The van der Waals surface area contributed by atoms with Gasteiger partial charge in [0.05, 0.1) is 6.61 Å². The fourth-order valence-electron chi connectivity index (χ4n) is 3.05. The Balaban J connectivity index is 1.87. The number of allylic oxidation sites excluding steroid dienone is 1. The molecule has 0 unspecified atom stereocenters. The van der Waals surface area contributed by atoms with Crippen molar-refractivity contribution in [1.82, 2.24) is 0 Å². The molecule has 0 spiro atoms. The van der Waals surface area contributed by atoms with Crippen LogP contribution in [-0.2, 0) is 13.0 Å². The minimum absolute atomic E-state index is 0.0742. The van der Waals surface area contributed by atoms with E-state index in [-0.39, 0.29) is 12.4 Å². The first-order chi connectivity index (χ1) is 9.76. The van der Waals surface area contributed by atoms with Crippen LogP contribution in [0.15, 0.2) is 41.3 Å². The Morgan fingerprint density at radius 1 is 1.05 bits per heavy atom. The lowest BCUT2D eigenvalue weighted by Crippen LogP contribution is -1.99. The van der Waals surface area contributed by atoms with Gasteiger partial charge in [-0.3, -0.25) is 0 Å². The van der Waals surface area contributed by atoms with E-state index in [0.29, 0.717) is 0 Å². The highest BCUT2D eigenvalue weighted by molar-refractivity contribution is 7.99. The molecule has 2 aromatic carbocycles. The summed E-state index contributed by atoms with van der Waals surface area (Å²) in [6.45, 7) is 0.0742. The topological polar surface area (TPSA) is 20.2 Å². The van der Waals surface area contributed by atoms with Crippen molar-refractivity contribution in [2.75, 3.05) is 5.75 Å². The van der Waals surface area contributed by atoms with Crippen LogP contribution in [0, 0.1) is 5.82 Å². The van der Waals surface area contributed by atoms with E-state index < -0.39 is 0 Å². The Hall–Kier alpha value is -1.58. The van der Waals surface area contributed by atoms with Gasteiger partial charge in [0.2, 0.25) is 0 Å². The fraction of sp³-hybridized carbons (Fsp3) is 0.176. The van der Waals surface area contributed by atoms with Gasteiger partial charge >= 0.3 is 0 Å². The van der Waals surface area contributed by atoms with Crippen molar-refractivity contribution in [2.45, 2.75) is 17.9 Å². The zero-order chi connectivity index (χ0) is 13.7. The summed E-state index contributed by atoms with van der Waals surface area (Å²) in [5.41, 5.74) is 7.36. The van der Waals surface area contributed by atoms with Crippen molar-refractivity contribution in [3.8, 4) is 0 Å². The molecule has 0 saturated carbocycles. The van der Waals surface area contributed by atoms with Gasteiger partial charge in [-0.25, -0.2) is 4.39 Å². The maximum Gasteiger partial charge on any atom is 0.124 e. The average Bonchev–Trinajstić information content (AvgIpc) is 2.84. The van der Waals surface area contributed by atoms with E-state index in [1.807, 2.05) is 12.1 Å². The maximum absolute atomic E-state index is 13.3. The summed E-state index contributed by atoms with van der Waals surface area (Å²) in [6, 6.07) is 11.2. The minimum Gasteiger partial charge on any atom is -0.392 e. The molecule has 1 aliphatic carbocycles. The largest absolute Gasteiger partial charge is 0.392 e. The molecule has 0 amide bonds. The third-order valence-electron chi connectivity index (χ3n) is 4.05. The first-order valence-corrected chi connectivity index (χ1v) is 7.62. The maximum atomic E-state index is 13.3. The second-order valence-corrected chi connectivity index (χ2v) is 6.23. The molecule has 1 nitrogen and oxygen atoms in total. The lowest BCUT2D eigenvalue weighted by Gasteiger charge is -2.18. The van der Waals surface area contributed by atoms with Crippen molar-refractivity contribution < 1.29 is 9.50 Å². The van der Waals surface area contributed by atoms with Crippen LogP contribution in [0.3, 0.4) is 0 Å². The van der Waals surface area contributed by atoms with Crippen molar-refractivity contribution in [3.05, 3.63) is 64.5 Å². The molecule has 2 aromatic rings. The van der Waals surface area contributed by atoms with Crippen LogP contribution >= 0.6 is 11.8 Å². The number of aliphatic hydroxyl groups is 1. The van der Waals surface area contributed by atoms with Crippen molar-refractivity contribution >= 4 is 22.9 Å². The van der Waals surface area contributed by atoms with E-state index in [9.17, 15) is 9.50 Å².